The van der Waals surface area contributed by atoms with E-state index in [9.17, 15) is 14.0 Å². The Bertz CT molecular complexity index is 2130. The van der Waals surface area contributed by atoms with E-state index < -0.39 is 17.3 Å². The number of methoxy groups -OCH3 is 3. The van der Waals surface area contributed by atoms with Crippen LogP contribution in [0.15, 0.2) is 99.2 Å². The first kappa shape index (κ1) is 29.9. The SMILES string of the molecule is COc1cc(C=Nn2c(-c3cc4c(OC)cccc4o3)nc3ccccc3c2=O)cc(OC)c1OCC(=O)Nc1ccc(F)cc1. The van der Waals surface area contributed by atoms with Crippen LogP contribution in [0.4, 0.5) is 10.1 Å². The molecule has 0 radical (unpaired) electrons. The Hall–Kier alpha value is -6.17. The summed E-state index contributed by atoms with van der Waals surface area (Å²) in [6, 6.07) is 22.7. The van der Waals surface area contributed by atoms with Crippen LogP contribution in [0.5, 0.6) is 23.0 Å². The molecule has 2 aromatic heterocycles. The molecule has 6 rings (SSSR count). The van der Waals surface area contributed by atoms with Crippen molar-refractivity contribution < 1.29 is 32.5 Å². The minimum absolute atomic E-state index is 0.179. The van der Waals surface area contributed by atoms with Crippen LogP contribution in [-0.4, -0.2) is 49.7 Å². The lowest BCUT2D eigenvalue weighted by Crippen LogP contribution is -2.20. The topological polar surface area (TPSA) is 126 Å². The zero-order valence-electron chi connectivity index (χ0n) is 24.9. The fraction of sp³-hybridized carbons (Fsp3) is 0.118. The Balaban J connectivity index is 1.34. The summed E-state index contributed by atoms with van der Waals surface area (Å²) in [5, 5.41) is 8.22. The highest BCUT2D eigenvalue weighted by atomic mass is 19.1. The number of halogens is 1. The maximum absolute atomic E-state index is 13.7. The molecule has 0 unspecified atom stereocenters. The van der Waals surface area contributed by atoms with Crippen LogP contribution in [0.25, 0.3) is 33.5 Å². The van der Waals surface area contributed by atoms with E-state index in [1.807, 2.05) is 6.07 Å². The van der Waals surface area contributed by atoms with Crippen molar-refractivity contribution in [1.82, 2.24) is 9.66 Å². The third-order valence-corrected chi connectivity index (χ3v) is 7.00. The van der Waals surface area contributed by atoms with Gasteiger partial charge in [-0.05, 0) is 66.7 Å². The molecular formula is C34H27FN4O7. The van der Waals surface area contributed by atoms with E-state index in [1.54, 1.807) is 61.7 Å². The van der Waals surface area contributed by atoms with Gasteiger partial charge >= 0.3 is 0 Å². The van der Waals surface area contributed by atoms with Crippen LogP contribution >= 0.6 is 0 Å². The average Bonchev–Trinajstić information content (AvgIpc) is 3.52. The predicted molar refractivity (Wildman–Crippen MR) is 171 cm³/mol. The molecular weight excluding hydrogens is 595 g/mol. The smallest absolute Gasteiger partial charge is 0.282 e. The molecule has 0 bridgehead atoms. The van der Waals surface area contributed by atoms with Crippen LogP contribution in [0, 0.1) is 5.82 Å². The number of rotatable bonds is 10. The first-order valence-corrected chi connectivity index (χ1v) is 14.0. The number of nitrogens with one attached hydrogen (secondary N) is 1. The third kappa shape index (κ3) is 5.95. The second-order valence-corrected chi connectivity index (χ2v) is 9.90. The summed E-state index contributed by atoms with van der Waals surface area (Å²) in [5.74, 6) is 0.910. The fourth-order valence-electron chi connectivity index (χ4n) is 4.82. The summed E-state index contributed by atoms with van der Waals surface area (Å²) in [5.41, 5.74) is 1.54. The molecule has 0 aliphatic heterocycles. The summed E-state index contributed by atoms with van der Waals surface area (Å²) in [4.78, 5) is 30.9. The number of benzene rings is 4. The minimum atomic E-state index is -0.472. The number of hydrogen-bond acceptors (Lipinski definition) is 9. The van der Waals surface area contributed by atoms with E-state index in [0.29, 0.717) is 44.6 Å². The molecule has 12 heteroatoms. The van der Waals surface area contributed by atoms with Crippen LogP contribution in [-0.2, 0) is 4.79 Å². The van der Waals surface area contributed by atoms with Gasteiger partial charge in [-0.2, -0.15) is 9.78 Å². The zero-order valence-corrected chi connectivity index (χ0v) is 24.9. The molecule has 232 valence electrons. The average molecular weight is 623 g/mol. The van der Waals surface area contributed by atoms with Crippen LogP contribution in [0.2, 0.25) is 0 Å². The largest absolute Gasteiger partial charge is 0.496 e. The number of fused-ring (bicyclic) bond motifs is 2. The lowest BCUT2D eigenvalue weighted by Gasteiger charge is -2.15. The first-order valence-electron chi connectivity index (χ1n) is 14.0. The lowest BCUT2D eigenvalue weighted by molar-refractivity contribution is -0.118. The molecule has 0 aliphatic carbocycles. The van der Waals surface area contributed by atoms with Crippen LogP contribution < -0.4 is 29.8 Å². The Morgan fingerprint density at radius 2 is 1.63 bits per heavy atom. The quantitative estimate of drug-likeness (QED) is 0.188. The molecule has 0 saturated carbocycles. The van der Waals surface area contributed by atoms with Gasteiger partial charge < -0.3 is 28.7 Å². The summed E-state index contributed by atoms with van der Waals surface area (Å²) in [7, 11) is 4.44. The highest BCUT2D eigenvalue weighted by Gasteiger charge is 2.19. The van der Waals surface area contributed by atoms with Gasteiger partial charge in [0.25, 0.3) is 11.5 Å². The highest BCUT2D eigenvalue weighted by Crippen LogP contribution is 2.38. The number of carbonyl (C=O) groups excluding carboxylic acids is 1. The van der Waals surface area contributed by atoms with Gasteiger partial charge in [0.2, 0.25) is 11.6 Å². The van der Waals surface area contributed by atoms with Crippen LogP contribution in [0.3, 0.4) is 0 Å². The highest BCUT2D eigenvalue weighted by molar-refractivity contribution is 5.92. The maximum Gasteiger partial charge on any atom is 0.282 e. The molecule has 46 heavy (non-hydrogen) atoms. The molecule has 0 atom stereocenters. The monoisotopic (exact) mass is 622 g/mol. The third-order valence-electron chi connectivity index (χ3n) is 7.00. The molecule has 0 spiro atoms. The summed E-state index contributed by atoms with van der Waals surface area (Å²) in [6.45, 7) is -0.374. The Morgan fingerprint density at radius 1 is 0.913 bits per heavy atom. The van der Waals surface area contributed by atoms with Gasteiger partial charge in [-0.15, -0.1) is 0 Å². The number of carbonyl (C=O) groups is 1. The number of anilines is 1. The van der Waals surface area contributed by atoms with Gasteiger partial charge in [-0.3, -0.25) is 9.59 Å². The summed E-state index contributed by atoms with van der Waals surface area (Å²) < 4.78 is 42.7. The van der Waals surface area contributed by atoms with Crippen molar-refractivity contribution in [2.45, 2.75) is 0 Å². The van der Waals surface area contributed by atoms with Gasteiger partial charge in [-0.1, -0.05) is 18.2 Å². The van der Waals surface area contributed by atoms with Gasteiger partial charge in [0.15, 0.2) is 23.9 Å². The van der Waals surface area contributed by atoms with E-state index in [-0.39, 0.29) is 29.7 Å². The fourth-order valence-corrected chi connectivity index (χ4v) is 4.82. The van der Waals surface area contributed by atoms with E-state index in [2.05, 4.69) is 10.4 Å². The van der Waals surface area contributed by atoms with E-state index in [4.69, 9.17) is 28.3 Å². The predicted octanol–water partition coefficient (Wildman–Crippen LogP) is 5.87. The maximum atomic E-state index is 13.7. The second kappa shape index (κ2) is 12.8. The number of ether oxygens (including phenoxy) is 4. The number of furan rings is 1. The number of amides is 1. The van der Waals surface area contributed by atoms with E-state index in [1.165, 1.54) is 44.7 Å². The normalized spacial score (nSPS) is 11.2. The van der Waals surface area contributed by atoms with Gasteiger partial charge in [0.05, 0.1) is 43.8 Å². The standard InChI is InChI=1S/C34H27FN4O7/c1-42-26-9-6-10-27-24(26)17-30(46-27)33-38-25-8-5-4-7-23(25)34(41)39(33)36-18-20-15-28(43-2)32(29(16-20)44-3)45-19-31(40)37-22-13-11-21(35)12-14-22/h4-18H,19H2,1-3H3,(H,37,40). The van der Waals surface area contributed by atoms with E-state index in [0.717, 1.165) is 4.68 Å². The number of para-hydroxylation sites is 1. The lowest BCUT2D eigenvalue weighted by atomic mass is 10.2. The van der Waals surface area contributed by atoms with Gasteiger partial charge in [-0.25, -0.2) is 9.37 Å². The molecule has 0 aliphatic rings. The first-order chi connectivity index (χ1) is 22.4. The molecule has 2 heterocycles. The van der Waals surface area contributed by atoms with Crippen molar-refractivity contribution in [3.8, 4) is 34.6 Å². The number of aromatic nitrogens is 2. The molecule has 1 N–H and O–H groups in total. The molecule has 0 saturated heterocycles. The molecule has 0 fully saturated rings. The molecule has 1 amide bonds. The van der Waals surface area contributed by atoms with Crippen molar-refractivity contribution in [2.24, 2.45) is 5.10 Å². The van der Waals surface area contributed by atoms with Crippen molar-refractivity contribution >= 4 is 39.7 Å². The molecule has 11 nitrogen and oxygen atoms in total. The Kier molecular flexibility index (Phi) is 8.33. The van der Waals surface area contributed by atoms with Gasteiger partial charge in [0, 0.05) is 11.3 Å². The van der Waals surface area contributed by atoms with Crippen molar-refractivity contribution in [1.29, 1.82) is 0 Å². The van der Waals surface area contributed by atoms with Gasteiger partial charge in [0.1, 0.15) is 17.1 Å². The molecule has 6 aromatic rings. The van der Waals surface area contributed by atoms with Crippen molar-refractivity contribution in [3.63, 3.8) is 0 Å². The van der Waals surface area contributed by atoms with Crippen molar-refractivity contribution in [2.75, 3.05) is 33.3 Å². The summed E-state index contributed by atoms with van der Waals surface area (Å²) >= 11 is 0. The van der Waals surface area contributed by atoms with E-state index >= 15 is 0 Å². The number of hydrogen-bond donors (Lipinski definition) is 1. The summed E-state index contributed by atoms with van der Waals surface area (Å²) in [6.07, 6.45) is 1.45. The molecule has 4 aromatic carbocycles. The Morgan fingerprint density at radius 3 is 2.35 bits per heavy atom. The second-order valence-electron chi connectivity index (χ2n) is 9.90. The van der Waals surface area contributed by atoms with Crippen LogP contribution in [0.1, 0.15) is 5.56 Å². The number of nitrogens with zero attached hydrogens (tertiary/aromatic N) is 3. The zero-order chi connectivity index (χ0) is 32.2. The Labute approximate surface area is 261 Å². The minimum Gasteiger partial charge on any atom is -0.496 e. The van der Waals surface area contributed by atoms with Crippen molar-refractivity contribution in [3.05, 3.63) is 107 Å².